The normalized spacial score (nSPS) is 14.9. The van der Waals surface area contributed by atoms with Crippen LogP contribution in [-0.2, 0) is 14.3 Å². The monoisotopic (exact) mass is 545 g/mol. The lowest BCUT2D eigenvalue weighted by Crippen LogP contribution is -2.55. The van der Waals surface area contributed by atoms with Gasteiger partial charge in [-0.25, -0.2) is 4.79 Å². The largest absolute Gasteiger partial charge is 0.507 e. The molecule has 0 bridgehead atoms. The van der Waals surface area contributed by atoms with E-state index in [2.05, 4.69) is 10.6 Å². The zero-order chi connectivity index (χ0) is 29.2. The number of anilines is 1. The lowest BCUT2D eigenvalue weighted by atomic mass is 9.96. The number of benzene rings is 3. The smallest absolute Gasteiger partial charge is 0.408 e. The number of nitrogens with one attached hydrogen (secondary N) is 2. The summed E-state index contributed by atoms with van der Waals surface area (Å²) < 4.78 is 5.43. The van der Waals surface area contributed by atoms with Gasteiger partial charge in [0.25, 0.3) is 5.91 Å². The van der Waals surface area contributed by atoms with Crippen LogP contribution < -0.4 is 10.6 Å². The number of phenols is 1. The van der Waals surface area contributed by atoms with Crippen LogP contribution in [0.1, 0.15) is 64.6 Å². The summed E-state index contributed by atoms with van der Waals surface area (Å²) in [7, 11) is 0. The number of nitrogens with zero attached hydrogens (tertiary/aromatic N) is 1. The van der Waals surface area contributed by atoms with E-state index in [0.717, 1.165) is 23.6 Å². The average Bonchev–Trinajstić information content (AvgIpc) is 3.71. The van der Waals surface area contributed by atoms with E-state index in [4.69, 9.17) is 4.74 Å². The molecule has 0 aliphatic heterocycles. The first-order valence-corrected chi connectivity index (χ1v) is 13.8. The number of amides is 3. The van der Waals surface area contributed by atoms with Gasteiger partial charge in [-0.1, -0.05) is 62.4 Å². The van der Waals surface area contributed by atoms with Crippen LogP contribution in [0, 0.1) is 12.8 Å². The van der Waals surface area contributed by atoms with Gasteiger partial charge in [0, 0.05) is 17.3 Å². The van der Waals surface area contributed by atoms with E-state index >= 15 is 0 Å². The lowest BCUT2D eigenvalue weighted by molar-refractivity contribution is -0.142. The first kappa shape index (κ1) is 28.9. The van der Waals surface area contributed by atoms with E-state index < -0.39 is 35.6 Å². The first-order valence-electron chi connectivity index (χ1n) is 13.8. The molecule has 8 heteroatoms. The molecule has 3 N–H and O–H groups in total. The number of aromatic hydroxyl groups is 1. The maximum absolute atomic E-state index is 14.2. The van der Waals surface area contributed by atoms with Crippen molar-refractivity contribution in [3.8, 4) is 5.75 Å². The average molecular weight is 546 g/mol. The molecule has 3 aromatic rings. The molecule has 2 unspecified atom stereocenters. The highest BCUT2D eigenvalue weighted by Crippen LogP contribution is 2.40. The van der Waals surface area contributed by atoms with E-state index in [1.165, 1.54) is 4.90 Å². The third kappa shape index (κ3) is 6.73. The van der Waals surface area contributed by atoms with Crippen LogP contribution in [-0.4, -0.2) is 45.6 Å². The Morgan fingerprint density at radius 3 is 2.27 bits per heavy atom. The molecule has 1 aliphatic carbocycles. The minimum absolute atomic E-state index is 0.0409. The Bertz CT molecular complexity index is 1410. The summed E-state index contributed by atoms with van der Waals surface area (Å²) in [4.78, 5) is 42.5. The molecule has 3 aromatic carbocycles. The van der Waals surface area contributed by atoms with Gasteiger partial charge in [-0.3, -0.25) is 9.59 Å². The Morgan fingerprint density at radius 1 is 0.975 bits per heavy atom. The molecule has 1 saturated carbocycles. The molecule has 3 amide bonds. The molecule has 4 rings (SSSR count). The maximum Gasteiger partial charge on any atom is 0.408 e. The SMILES string of the molecule is Cc1cccc(C(C(=O)Nc2ccc3ccccc3c2)N(C(=O)C(NC(=O)OC(C)(C)C)C(C)C)C2CC2)c1O. The number of hydrogen-bond acceptors (Lipinski definition) is 5. The number of phenolic OH excluding ortho intramolecular Hbond substituents is 1. The molecule has 212 valence electrons. The Hall–Kier alpha value is -4.07. The fraction of sp³-hybridized carbons (Fsp3) is 0.406. The number of alkyl carbamates (subject to hydrolysis) is 1. The zero-order valence-corrected chi connectivity index (χ0v) is 24.0. The van der Waals surface area contributed by atoms with E-state index in [1.54, 1.807) is 45.9 Å². The third-order valence-corrected chi connectivity index (χ3v) is 6.91. The number of ether oxygens (including phenoxy) is 1. The Labute approximate surface area is 235 Å². The van der Waals surface area contributed by atoms with Gasteiger partial charge >= 0.3 is 6.09 Å². The van der Waals surface area contributed by atoms with E-state index in [9.17, 15) is 19.5 Å². The summed E-state index contributed by atoms with van der Waals surface area (Å²) in [5, 5.41) is 18.8. The number of rotatable bonds is 8. The quantitative estimate of drug-likeness (QED) is 0.318. The van der Waals surface area contributed by atoms with Gasteiger partial charge < -0.3 is 25.4 Å². The summed E-state index contributed by atoms with van der Waals surface area (Å²) in [6.07, 6.45) is 0.732. The third-order valence-electron chi connectivity index (χ3n) is 6.91. The van der Waals surface area contributed by atoms with Crippen molar-refractivity contribution >= 4 is 34.4 Å². The summed E-state index contributed by atoms with van der Waals surface area (Å²) in [5.74, 6) is -1.17. The van der Waals surface area contributed by atoms with Gasteiger partial charge in [0.1, 0.15) is 23.4 Å². The molecule has 0 radical (unpaired) electrons. The van der Waals surface area contributed by atoms with Crippen molar-refractivity contribution < 1.29 is 24.2 Å². The summed E-state index contributed by atoms with van der Waals surface area (Å²) >= 11 is 0. The van der Waals surface area contributed by atoms with Gasteiger partial charge in [0.05, 0.1) is 0 Å². The van der Waals surface area contributed by atoms with Crippen molar-refractivity contribution in [1.82, 2.24) is 10.2 Å². The molecular weight excluding hydrogens is 506 g/mol. The second-order valence-corrected chi connectivity index (χ2v) is 11.8. The number of carbonyl (C=O) groups excluding carboxylic acids is 3. The molecule has 8 nitrogen and oxygen atoms in total. The van der Waals surface area contributed by atoms with E-state index in [-0.39, 0.29) is 17.7 Å². The van der Waals surface area contributed by atoms with E-state index in [1.807, 2.05) is 56.3 Å². The number of fused-ring (bicyclic) bond motifs is 1. The summed E-state index contributed by atoms with van der Waals surface area (Å²) in [5.41, 5.74) is 0.770. The highest BCUT2D eigenvalue weighted by atomic mass is 16.6. The molecular formula is C32H39N3O5. The van der Waals surface area contributed by atoms with Gasteiger partial charge in [0.2, 0.25) is 5.91 Å². The molecule has 0 saturated heterocycles. The Balaban J connectivity index is 1.72. The highest BCUT2D eigenvalue weighted by Gasteiger charge is 2.45. The van der Waals surface area contributed by atoms with Crippen molar-refractivity contribution in [2.75, 3.05) is 5.32 Å². The molecule has 1 fully saturated rings. The first-order chi connectivity index (χ1) is 18.9. The fourth-order valence-corrected chi connectivity index (χ4v) is 4.78. The van der Waals surface area contributed by atoms with Crippen LogP contribution in [0.5, 0.6) is 5.75 Å². The fourth-order valence-electron chi connectivity index (χ4n) is 4.78. The minimum atomic E-state index is -1.12. The topological polar surface area (TPSA) is 108 Å². The predicted octanol–water partition coefficient (Wildman–Crippen LogP) is 6.07. The van der Waals surface area contributed by atoms with Crippen LogP contribution in [0.25, 0.3) is 10.8 Å². The predicted molar refractivity (Wildman–Crippen MR) is 156 cm³/mol. The highest BCUT2D eigenvalue weighted by molar-refractivity contribution is 6.01. The number of para-hydroxylation sites is 1. The minimum Gasteiger partial charge on any atom is -0.507 e. The molecule has 40 heavy (non-hydrogen) atoms. The van der Waals surface area contributed by atoms with Crippen LogP contribution in [0.15, 0.2) is 60.7 Å². The zero-order valence-electron chi connectivity index (χ0n) is 24.0. The maximum atomic E-state index is 14.2. The van der Waals surface area contributed by atoms with Gasteiger partial charge in [-0.15, -0.1) is 0 Å². The van der Waals surface area contributed by atoms with Crippen LogP contribution in [0.2, 0.25) is 0 Å². The molecule has 0 heterocycles. The van der Waals surface area contributed by atoms with Crippen LogP contribution >= 0.6 is 0 Å². The van der Waals surface area contributed by atoms with Crippen molar-refractivity contribution in [2.45, 2.75) is 78.1 Å². The van der Waals surface area contributed by atoms with Crippen molar-refractivity contribution in [2.24, 2.45) is 5.92 Å². The number of hydrogen-bond donors (Lipinski definition) is 3. The number of aryl methyl sites for hydroxylation is 1. The van der Waals surface area contributed by atoms with Gasteiger partial charge in [-0.05, 0) is 74.9 Å². The summed E-state index contributed by atoms with van der Waals surface area (Å²) in [6, 6.07) is 16.4. The van der Waals surface area contributed by atoms with Gasteiger partial charge in [-0.2, -0.15) is 0 Å². The second kappa shape index (κ2) is 11.6. The Kier molecular flexibility index (Phi) is 8.37. The van der Waals surface area contributed by atoms with Crippen LogP contribution in [0.3, 0.4) is 0 Å². The van der Waals surface area contributed by atoms with Crippen LogP contribution in [0.4, 0.5) is 10.5 Å². The number of carbonyl (C=O) groups is 3. The van der Waals surface area contributed by atoms with Crippen molar-refractivity contribution in [3.63, 3.8) is 0 Å². The van der Waals surface area contributed by atoms with Crippen molar-refractivity contribution in [3.05, 3.63) is 71.8 Å². The Morgan fingerprint density at radius 2 is 1.65 bits per heavy atom. The molecule has 0 aromatic heterocycles. The molecule has 1 aliphatic rings. The molecule has 0 spiro atoms. The molecule has 2 atom stereocenters. The van der Waals surface area contributed by atoms with E-state index in [0.29, 0.717) is 16.8 Å². The second-order valence-electron chi connectivity index (χ2n) is 11.8. The summed E-state index contributed by atoms with van der Waals surface area (Å²) in [6.45, 7) is 10.7. The van der Waals surface area contributed by atoms with Crippen molar-refractivity contribution in [1.29, 1.82) is 0 Å². The lowest BCUT2D eigenvalue weighted by Gasteiger charge is -2.36. The standard InChI is InChI=1S/C32H39N3O5/c1-19(2)26(34-31(39)40-32(4,5)6)30(38)35(24-16-17-24)27(25-13-9-10-20(3)28(25)36)29(37)33-23-15-14-21-11-7-8-12-22(21)18-23/h7-15,18-19,24,26-27,36H,16-17H2,1-6H3,(H,33,37)(H,34,39). The van der Waals surface area contributed by atoms with Gasteiger partial charge in [0.15, 0.2) is 0 Å².